The fourth-order valence-corrected chi connectivity index (χ4v) is 4.10. The Labute approximate surface area is 146 Å². The molecule has 0 atom stereocenters. The summed E-state index contributed by atoms with van der Waals surface area (Å²) in [6.45, 7) is -0.821. The molecule has 2 N–H and O–H groups in total. The van der Waals surface area contributed by atoms with Crippen molar-refractivity contribution in [1.82, 2.24) is 0 Å². The van der Waals surface area contributed by atoms with E-state index in [0.717, 1.165) is 23.3 Å². The van der Waals surface area contributed by atoms with Crippen molar-refractivity contribution in [2.24, 2.45) is 0 Å². The van der Waals surface area contributed by atoms with E-state index in [4.69, 9.17) is 4.74 Å². The van der Waals surface area contributed by atoms with Gasteiger partial charge in [-0.15, -0.1) is 11.3 Å². The Morgan fingerprint density at radius 2 is 2.04 bits per heavy atom. The number of hydrogen-bond acceptors (Lipinski definition) is 4. The first-order chi connectivity index (χ1) is 12.0. The molecule has 0 fully saturated rings. The minimum absolute atomic E-state index is 0.0290. The second-order valence-electron chi connectivity index (χ2n) is 5.52. The van der Waals surface area contributed by atoms with Crippen LogP contribution in [0.1, 0.15) is 37.6 Å². The maximum atomic E-state index is 12.5. The lowest BCUT2D eigenvalue weighted by Gasteiger charge is -2.11. The van der Waals surface area contributed by atoms with Crippen molar-refractivity contribution in [1.29, 1.82) is 0 Å². The Morgan fingerprint density at radius 1 is 1.28 bits per heavy atom. The van der Waals surface area contributed by atoms with Crippen LogP contribution < -0.4 is 10.1 Å². The highest BCUT2D eigenvalue weighted by atomic mass is 32.1. The summed E-state index contributed by atoms with van der Waals surface area (Å²) in [5.41, 5.74) is 0.972. The zero-order valence-corrected chi connectivity index (χ0v) is 13.9. The zero-order chi connectivity index (χ0) is 18.0. The fourth-order valence-electron chi connectivity index (χ4n) is 2.82. The van der Waals surface area contributed by atoms with E-state index in [2.05, 4.69) is 5.32 Å². The SMILES string of the molecule is O=C(Nc1sc2c(c1C(=O)O)CCC2)c1ccccc1OCC(F)F. The molecule has 1 amide bonds. The molecule has 0 saturated carbocycles. The first-order valence-electron chi connectivity index (χ1n) is 7.66. The van der Waals surface area contributed by atoms with Crippen LogP contribution in [-0.2, 0) is 12.8 Å². The van der Waals surface area contributed by atoms with Crippen LogP contribution in [0.2, 0.25) is 0 Å². The van der Waals surface area contributed by atoms with Crippen LogP contribution in [0, 0.1) is 0 Å². The number of nitrogens with one attached hydrogen (secondary N) is 1. The smallest absolute Gasteiger partial charge is 0.339 e. The van der Waals surface area contributed by atoms with Crippen LogP contribution in [0.4, 0.5) is 13.8 Å². The van der Waals surface area contributed by atoms with Gasteiger partial charge >= 0.3 is 5.97 Å². The second-order valence-corrected chi connectivity index (χ2v) is 6.62. The summed E-state index contributed by atoms with van der Waals surface area (Å²) in [5, 5.41) is 12.3. The molecule has 1 heterocycles. The monoisotopic (exact) mass is 367 g/mol. The zero-order valence-electron chi connectivity index (χ0n) is 13.1. The van der Waals surface area contributed by atoms with Crippen LogP contribution in [0.3, 0.4) is 0 Å². The minimum Gasteiger partial charge on any atom is -0.487 e. The number of ether oxygens (including phenoxy) is 1. The first-order valence-corrected chi connectivity index (χ1v) is 8.48. The molecule has 1 aliphatic carbocycles. The predicted octanol–water partition coefficient (Wildman–Crippen LogP) is 3.83. The lowest BCUT2D eigenvalue weighted by Crippen LogP contribution is -2.16. The van der Waals surface area contributed by atoms with Crippen molar-refractivity contribution >= 4 is 28.2 Å². The van der Waals surface area contributed by atoms with Gasteiger partial charge in [0.1, 0.15) is 17.4 Å². The molecule has 0 unspecified atom stereocenters. The van der Waals surface area contributed by atoms with E-state index in [9.17, 15) is 23.5 Å². The largest absolute Gasteiger partial charge is 0.487 e. The maximum absolute atomic E-state index is 12.5. The number of aromatic carboxylic acids is 1. The molecule has 0 aliphatic heterocycles. The van der Waals surface area contributed by atoms with Gasteiger partial charge in [0.2, 0.25) is 0 Å². The molecule has 132 valence electrons. The van der Waals surface area contributed by atoms with Gasteiger partial charge in [-0.25, -0.2) is 13.6 Å². The molecule has 0 radical (unpaired) electrons. The summed E-state index contributed by atoms with van der Waals surface area (Å²) in [4.78, 5) is 25.0. The summed E-state index contributed by atoms with van der Waals surface area (Å²) < 4.78 is 29.7. The molecule has 2 aromatic rings. The van der Waals surface area contributed by atoms with Crippen molar-refractivity contribution < 1.29 is 28.2 Å². The topological polar surface area (TPSA) is 75.6 Å². The summed E-state index contributed by atoms with van der Waals surface area (Å²) in [5.74, 6) is -1.65. The number of thiophene rings is 1. The van der Waals surface area contributed by atoms with Crippen LogP contribution in [0.15, 0.2) is 24.3 Å². The highest BCUT2D eigenvalue weighted by molar-refractivity contribution is 7.17. The molecule has 5 nitrogen and oxygen atoms in total. The molecule has 0 saturated heterocycles. The number of rotatable bonds is 6. The molecular formula is C17H15F2NO4S. The molecule has 8 heteroatoms. The van der Waals surface area contributed by atoms with Crippen molar-refractivity contribution in [3.8, 4) is 5.75 Å². The number of halogens is 2. The standard InChI is InChI=1S/C17H15F2NO4S/c18-13(19)8-24-11-6-2-1-4-9(11)15(21)20-16-14(17(22)23)10-5-3-7-12(10)25-16/h1-2,4,6,13H,3,5,7-8H2,(H,20,21)(H,22,23). The second kappa shape index (κ2) is 7.18. The highest BCUT2D eigenvalue weighted by Gasteiger charge is 2.27. The number of carboxylic acid groups (broad SMARTS) is 1. The van der Waals surface area contributed by atoms with Crippen LogP contribution in [-0.4, -0.2) is 30.0 Å². The number of carboxylic acids is 1. The Morgan fingerprint density at radius 3 is 2.76 bits per heavy atom. The normalized spacial score (nSPS) is 12.9. The van der Waals surface area contributed by atoms with E-state index in [-0.39, 0.29) is 21.9 Å². The van der Waals surface area contributed by atoms with E-state index in [1.807, 2.05) is 0 Å². The number of benzene rings is 1. The van der Waals surface area contributed by atoms with Crippen molar-refractivity contribution in [2.75, 3.05) is 11.9 Å². The van der Waals surface area contributed by atoms with Gasteiger partial charge in [-0.2, -0.15) is 0 Å². The molecule has 1 aromatic heterocycles. The van der Waals surface area contributed by atoms with Gasteiger partial charge in [-0.05, 0) is 37.0 Å². The Balaban J connectivity index is 1.85. The number of amides is 1. The minimum atomic E-state index is -2.66. The van der Waals surface area contributed by atoms with Crippen molar-refractivity contribution in [3.05, 3.63) is 45.8 Å². The van der Waals surface area contributed by atoms with Gasteiger partial charge in [-0.3, -0.25) is 4.79 Å². The van der Waals surface area contributed by atoms with E-state index in [0.29, 0.717) is 6.42 Å². The van der Waals surface area contributed by atoms with Crippen LogP contribution in [0.25, 0.3) is 0 Å². The van der Waals surface area contributed by atoms with E-state index >= 15 is 0 Å². The molecule has 0 bridgehead atoms. The number of alkyl halides is 2. The molecule has 1 aromatic carbocycles. The summed E-state index contributed by atoms with van der Waals surface area (Å²) >= 11 is 1.25. The van der Waals surface area contributed by atoms with Crippen LogP contribution in [0.5, 0.6) is 5.75 Å². The molecule has 0 spiro atoms. The Hall–Kier alpha value is -2.48. The van der Waals surface area contributed by atoms with Crippen LogP contribution >= 0.6 is 11.3 Å². The first kappa shape index (κ1) is 17.3. The van der Waals surface area contributed by atoms with E-state index in [1.165, 1.54) is 23.5 Å². The van der Waals surface area contributed by atoms with Gasteiger partial charge in [-0.1, -0.05) is 12.1 Å². The summed E-state index contributed by atoms with van der Waals surface area (Å²) in [6.07, 6.45) is -0.281. The number of anilines is 1. The molecule has 3 rings (SSSR count). The predicted molar refractivity (Wildman–Crippen MR) is 89.2 cm³/mol. The quantitative estimate of drug-likeness (QED) is 0.814. The Bertz CT molecular complexity index is 819. The third-order valence-electron chi connectivity index (χ3n) is 3.86. The molecular weight excluding hydrogens is 352 g/mol. The van der Waals surface area contributed by atoms with E-state index < -0.39 is 24.9 Å². The lowest BCUT2D eigenvalue weighted by molar-refractivity contribution is 0.0697. The fraction of sp³-hybridized carbons (Fsp3) is 0.294. The third kappa shape index (κ3) is 3.63. The number of fused-ring (bicyclic) bond motifs is 1. The maximum Gasteiger partial charge on any atom is 0.339 e. The third-order valence-corrected chi connectivity index (χ3v) is 5.07. The number of carbonyl (C=O) groups excluding carboxylic acids is 1. The van der Waals surface area contributed by atoms with Gasteiger partial charge in [0.15, 0.2) is 0 Å². The molecule has 25 heavy (non-hydrogen) atoms. The number of carbonyl (C=O) groups is 2. The van der Waals surface area contributed by atoms with Gasteiger partial charge in [0.05, 0.1) is 11.1 Å². The van der Waals surface area contributed by atoms with E-state index in [1.54, 1.807) is 12.1 Å². The highest BCUT2D eigenvalue weighted by Crippen LogP contribution is 2.39. The van der Waals surface area contributed by atoms with Gasteiger partial charge in [0, 0.05) is 4.88 Å². The molecule has 1 aliphatic rings. The number of aryl methyl sites for hydroxylation is 1. The van der Waals surface area contributed by atoms with Gasteiger partial charge < -0.3 is 15.2 Å². The Kier molecular flexibility index (Phi) is 4.98. The van der Waals surface area contributed by atoms with Gasteiger partial charge in [0.25, 0.3) is 12.3 Å². The summed E-state index contributed by atoms with van der Waals surface area (Å²) in [7, 11) is 0. The number of hydrogen-bond donors (Lipinski definition) is 2. The lowest BCUT2D eigenvalue weighted by atomic mass is 10.1. The van der Waals surface area contributed by atoms with Crippen molar-refractivity contribution in [3.63, 3.8) is 0 Å². The summed E-state index contributed by atoms with van der Waals surface area (Å²) in [6, 6.07) is 6.01. The average molecular weight is 367 g/mol. The van der Waals surface area contributed by atoms with Crippen molar-refractivity contribution in [2.45, 2.75) is 25.7 Å². The number of para-hydroxylation sites is 1. The average Bonchev–Trinajstić information content (AvgIpc) is 3.13.